The van der Waals surface area contributed by atoms with E-state index in [9.17, 15) is 14.4 Å². The molecule has 3 rings (SSSR count). The number of methoxy groups -OCH3 is 1. The van der Waals surface area contributed by atoms with E-state index in [0.29, 0.717) is 36.7 Å². The van der Waals surface area contributed by atoms with E-state index in [1.54, 1.807) is 25.4 Å². The summed E-state index contributed by atoms with van der Waals surface area (Å²) < 4.78 is 11.3. The lowest BCUT2D eigenvalue weighted by Gasteiger charge is -2.25. The van der Waals surface area contributed by atoms with Crippen LogP contribution in [0.3, 0.4) is 0 Å². The number of aromatic nitrogens is 1. The van der Waals surface area contributed by atoms with Crippen molar-refractivity contribution in [3.05, 3.63) is 65.9 Å². The molecule has 34 heavy (non-hydrogen) atoms. The second-order valence-electron chi connectivity index (χ2n) is 7.73. The van der Waals surface area contributed by atoms with Gasteiger partial charge in [-0.05, 0) is 50.3 Å². The van der Waals surface area contributed by atoms with Gasteiger partial charge in [0.25, 0.3) is 5.91 Å². The van der Waals surface area contributed by atoms with Crippen LogP contribution in [0, 0.1) is 0 Å². The van der Waals surface area contributed by atoms with Crippen molar-refractivity contribution < 1.29 is 34.1 Å². The first kappa shape index (κ1) is 26.3. The highest BCUT2D eigenvalue weighted by Gasteiger charge is 2.29. The zero-order valence-electron chi connectivity index (χ0n) is 19.4. The third kappa shape index (κ3) is 8.55. The van der Waals surface area contributed by atoms with Gasteiger partial charge in [0, 0.05) is 31.4 Å². The highest BCUT2D eigenvalue weighted by Crippen LogP contribution is 2.25. The van der Waals surface area contributed by atoms with Gasteiger partial charge in [-0.1, -0.05) is 12.1 Å². The van der Waals surface area contributed by atoms with E-state index in [4.69, 9.17) is 19.7 Å². The van der Waals surface area contributed by atoms with Crippen molar-refractivity contribution in [2.45, 2.75) is 19.1 Å². The maximum Gasteiger partial charge on any atom is 0.328 e. The average Bonchev–Trinajstić information content (AvgIpc) is 2.94. The third-order valence-electron chi connectivity index (χ3n) is 4.79. The molecule has 0 fully saturated rings. The van der Waals surface area contributed by atoms with Crippen molar-refractivity contribution in [2.24, 2.45) is 0 Å². The molecule has 1 unspecified atom stereocenters. The summed E-state index contributed by atoms with van der Waals surface area (Å²) in [6, 6.07) is 11.3. The Labute approximate surface area is 198 Å². The molecular weight excluding hydrogens is 442 g/mol. The van der Waals surface area contributed by atoms with Crippen molar-refractivity contribution in [1.82, 2.24) is 14.8 Å². The Kier molecular flexibility index (Phi) is 10.0. The predicted octanol–water partition coefficient (Wildman–Crippen LogP) is 2.16. The molecule has 2 aromatic rings. The molecule has 0 spiro atoms. The Morgan fingerprint density at radius 3 is 2.38 bits per heavy atom. The van der Waals surface area contributed by atoms with E-state index in [0.717, 1.165) is 24.3 Å². The van der Waals surface area contributed by atoms with E-state index >= 15 is 0 Å². The number of benzene rings is 1. The number of amides is 1. The van der Waals surface area contributed by atoms with Crippen LogP contribution in [-0.2, 0) is 16.1 Å². The molecule has 0 saturated heterocycles. The number of carboxylic acids is 2. The first-order valence-electron chi connectivity index (χ1n) is 10.5. The maximum absolute atomic E-state index is 13.0. The van der Waals surface area contributed by atoms with Crippen LogP contribution < -0.4 is 9.47 Å². The van der Waals surface area contributed by atoms with E-state index in [1.807, 2.05) is 43.3 Å². The van der Waals surface area contributed by atoms with Gasteiger partial charge < -0.3 is 29.5 Å². The van der Waals surface area contributed by atoms with E-state index in [2.05, 4.69) is 9.88 Å². The smallest absolute Gasteiger partial charge is 0.328 e. The molecule has 2 heterocycles. The maximum atomic E-state index is 13.0. The van der Waals surface area contributed by atoms with E-state index in [-0.39, 0.29) is 12.0 Å². The van der Waals surface area contributed by atoms with Crippen LogP contribution >= 0.6 is 0 Å². The first-order valence-corrected chi connectivity index (χ1v) is 10.5. The highest BCUT2D eigenvalue weighted by atomic mass is 16.5. The Balaban J connectivity index is 0.000000440. The summed E-state index contributed by atoms with van der Waals surface area (Å²) in [7, 11) is 5.70. The molecule has 1 aliphatic rings. The molecule has 10 nitrogen and oxygen atoms in total. The number of aliphatic carboxylic acids is 2. The van der Waals surface area contributed by atoms with Gasteiger partial charge in [-0.25, -0.2) is 14.6 Å². The lowest BCUT2D eigenvalue weighted by atomic mass is 10.1. The Morgan fingerprint density at radius 1 is 1.18 bits per heavy atom. The SMILES string of the molecule is COc1ccc(CN2CC(CCN(C)C)Oc3ncccc3C2=O)cc1.O=C(O)/C=C/C(=O)O. The minimum atomic E-state index is -1.26. The van der Waals surface area contributed by atoms with E-state index < -0.39 is 11.9 Å². The van der Waals surface area contributed by atoms with Crippen LogP contribution in [-0.4, -0.2) is 83.2 Å². The number of hydrogen-bond donors (Lipinski definition) is 2. The lowest BCUT2D eigenvalue weighted by molar-refractivity contribution is -0.134. The number of fused-ring (bicyclic) bond motifs is 1. The molecular formula is C24H29N3O7. The average molecular weight is 472 g/mol. The summed E-state index contributed by atoms with van der Waals surface area (Å²) in [5, 5.41) is 15.6. The first-order chi connectivity index (χ1) is 16.2. The fourth-order valence-electron chi connectivity index (χ4n) is 3.12. The fraction of sp³-hybridized carbons (Fsp3) is 0.333. The standard InChI is InChI=1S/C20H25N3O3.C4H4O4/c1-22(2)12-10-17-14-23(13-15-6-8-16(25-3)9-7-15)20(24)18-5-4-11-21-19(18)26-17;5-3(6)1-2-4(7)8/h4-9,11,17H,10,12-14H2,1-3H3;1-2H,(H,5,6)(H,7,8)/b;2-1+. The molecule has 0 saturated carbocycles. The van der Waals surface area contributed by atoms with Crippen LogP contribution in [0.15, 0.2) is 54.7 Å². The number of pyridine rings is 1. The quantitative estimate of drug-likeness (QED) is 0.556. The molecule has 2 N–H and O–H groups in total. The van der Waals surface area contributed by atoms with E-state index in [1.165, 1.54) is 0 Å². The predicted molar refractivity (Wildman–Crippen MR) is 124 cm³/mol. The largest absolute Gasteiger partial charge is 0.497 e. The number of nitrogens with zero attached hydrogens (tertiary/aromatic N) is 3. The van der Waals surface area contributed by atoms with Gasteiger partial charge in [0.1, 0.15) is 17.4 Å². The van der Waals surface area contributed by atoms with Crippen molar-refractivity contribution >= 4 is 17.8 Å². The Bertz CT molecular complexity index is 990. The number of hydrogen-bond acceptors (Lipinski definition) is 7. The summed E-state index contributed by atoms with van der Waals surface area (Å²) in [4.78, 5) is 40.4. The fourth-order valence-corrected chi connectivity index (χ4v) is 3.12. The van der Waals surface area contributed by atoms with Gasteiger partial charge in [-0.2, -0.15) is 0 Å². The molecule has 10 heteroatoms. The number of rotatable bonds is 8. The zero-order valence-corrected chi connectivity index (χ0v) is 19.4. The van der Waals surface area contributed by atoms with Crippen LogP contribution in [0.25, 0.3) is 0 Å². The number of carbonyl (C=O) groups excluding carboxylic acids is 1. The van der Waals surface area contributed by atoms with Crippen molar-refractivity contribution in [3.8, 4) is 11.6 Å². The second-order valence-corrected chi connectivity index (χ2v) is 7.73. The molecule has 0 aliphatic carbocycles. The van der Waals surface area contributed by atoms with Gasteiger partial charge >= 0.3 is 11.9 Å². The third-order valence-corrected chi connectivity index (χ3v) is 4.79. The summed E-state index contributed by atoms with van der Waals surface area (Å²) >= 11 is 0. The summed E-state index contributed by atoms with van der Waals surface area (Å²) in [5.41, 5.74) is 1.58. The van der Waals surface area contributed by atoms with Crippen LogP contribution in [0.1, 0.15) is 22.3 Å². The minimum absolute atomic E-state index is 0.0451. The summed E-state index contributed by atoms with van der Waals surface area (Å²) in [6.07, 6.45) is 3.52. The zero-order chi connectivity index (χ0) is 25.1. The molecule has 1 aliphatic heterocycles. The molecule has 182 valence electrons. The van der Waals surface area contributed by atoms with Gasteiger partial charge in [-0.15, -0.1) is 0 Å². The molecule has 1 amide bonds. The monoisotopic (exact) mass is 471 g/mol. The van der Waals surface area contributed by atoms with Crippen LogP contribution in [0.5, 0.6) is 11.6 Å². The normalized spacial score (nSPS) is 15.1. The number of carboxylic acid groups (broad SMARTS) is 2. The summed E-state index contributed by atoms with van der Waals surface area (Å²) in [5.74, 6) is -1.33. The van der Waals surface area contributed by atoms with Gasteiger partial charge in [0.2, 0.25) is 5.88 Å². The summed E-state index contributed by atoms with van der Waals surface area (Å²) in [6.45, 7) is 1.95. The van der Waals surface area contributed by atoms with Crippen LogP contribution in [0.4, 0.5) is 0 Å². The topological polar surface area (TPSA) is 130 Å². The highest BCUT2D eigenvalue weighted by molar-refractivity contribution is 5.96. The van der Waals surface area contributed by atoms with Gasteiger partial charge in [0.15, 0.2) is 0 Å². The van der Waals surface area contributed by atoms with Gasteiger partial charge in [-0.3, -0.25) is 4.79 Å². The lowest BCUT2D eigenvalue weighted by Crippen LogP contribution is -2.37. The molecule has 1 atom stereocenters. The molecule has 0 bridgehead atoms. The second kappa shape index (κ2) is 12.9. The molecule has 0 radical (unpaired) electrons. The Morgan fingerprint density at radius 2 is 1.82 bits per heavy atom. The number of ether oxygens (including phenoxy) is 2. The Hall–Kier alpha value is -3.92. The van der Waals surface area contributed by atoms with Crippen molar-refractivity contribution in [1.29, 1.82) is 0 Å². The van der Waals surface area contributed by atoms with Crippen molar-refractivity contribution in [3.63, 3.8) is 0 Å². The van der Waals surface area contributed by atoms with Crippen molar-refractivity contribution in [2.75, 3.05) is 34.3 Å². The minimum Gasteiger partial charge on any atom is -0.497 e. The van der Waals surface area contributed by atoms with Gasteiger partial charge in [0.05, 0.1) is 13.7 Å². The van der Waals surface area contributed by atoms with Crippen LogP contribution in [0.2, 0.25) is 0 Å². The molecule has 1 aromatic heterocycles. The molecule has 1 aromatic carbocycles. The number of carbonyl (C=O) groups is 3.